The molecule has 1 aliphatic heterocycles. The number of fused-ring (bicyclic) bond motifs is 1. The zero-order valence-corrected chi connectivity index (χ0v) is 17.1. The topological polar surface area (TPSA) is 65.2 Å². The largest absolute Gasteiger partial charge is 0.361 e. The highest BCUT2D eigenvalue weighted by atomic mass is 32.2. The van der Waals surface area contributed by atoms with Gasteiger partial charge in [0, 0.05) is 34.6 Å². The van der Waals surface area contributed by atoms with Crippen molar-refractivity contribution in [3.05, 3.63) is 57.9 Å². The van der Waals surface area contributed by atoms with Crippen LogP contribution in [0.15, 0.2) is 41.9 Å². The highest BCUT2D eigenvalue weighted by molar-refractivity contribution is 7.88. The summed E-state index contributed by atoms with van der Waals surface area (Å²) in [7, 11) is -1.81. The van der Waals surface area contributed by atoms with Crippen LogP contribution >= 0.6 is 11.3 Å². The highest BCUT2D eigenvalue weighted by Crippen LogP contribution is 2.28. The van der Waals surface area contributed by atoms with Gasteiger partial charge in [-0.05, 0) is 67.6 Å². The zero-order valence-electron chi connectivity index (χ0n) is 15.4. The molecule has 0 saturated carbocycles. The minimum absolute atomic E-state index is 0.0119. The second kappa shape index (κ2) is 7.75. The number of hydrogen-bond acceptors (Lipinski definition) is 4. The van der Waals surface area contributed by atoms with Gasteiger partial charge in [0.1, 0.15) is 0 Å². The Morgan fingerprint density at radius 1 is 1.33 bits per heavy atom. The summed E-state index contributed by atoms with van der Waals surface area (Å²) in [5, 5.41) is 3.28. The summed E-state index contributed by atoms with van der Waals surface area (Å²) in [4.78, 5) is 7.35. The first-order valence-corrected chi connectivity index (χ1v) is 11.8. The lowest BCUT2D eigenvalue weighted by atomic mass is 10.0. The van der Waals surface area contributed by atoms with Crippen LogP contribution in [-0.2, 0) is 28.7 Å². The van der Waals surface area contributed by atoms with Crippen LogP contribution in [0.25, 0.3) is 10.9 Å². The molecule has 144 valence electrons. The fourth-order valence-corrected chi connectivity index (χ4v) is 5.46. The lowest BCUT2D eigenvalue weighted by molar-refractivity contribution is 0.246. The van der Waals surface area contributed by atoms with Crippen molar-refractivity contribution in [3.63, 3.8) is 0 Å². The molecule has 0 amide bonds. The third-order valence-electron chi connectivity index (χ3n) is 5.39. The van der Waals surface area contributed by atoms with Crippen molar-refractivity contribution >= 4 is 32.3 Å². The van der Waals surface area contributed by atoms with Crippen molar-refractivity contribution in [1.29, 1.82) is 0 Å². The summed E-state index contributed by atoms with van der Waals surface area (Å²) in [5.41, 5.74) is 3.16. The van der Waals surface area contributed by atoms with Gasteiger partial charge in [-0.2, -0.15) is 0 Å². The second-order valence-corrected chi connectivity index (χ2v) is 10.2. The number of nitrogens with one attached hydrogen (secondary N) is 2. The molecule has 2 aromatic heterocycles. The molecule has 0 bridgehead atoms. The average Bonchev–Trinajstić information content (AvgIpc) is 3.39. The van der Waals surface area contributed by atoms with Crippen molar-refractivity contribution in [3.8, 4) is 0 Å². The number of benzene rings is 1. The van der Waals surface area contributed by atoms with Crippen molar-refractivity contribution in [1.82, 2.24) is 14.6 Å². The maximum absolute atomic E-state index is 11.9. The van der Waals surface area contributed by atoms with Crippen molar-refractivity contribution in [2.45, 2.75) is 37.6 Å². The van der Waals surface area contributed by atoms with Crippen LogP contribution in [-0.4, -0.2) is 37.9 Å². The maximum atomic E-state index is 11.9. The quantitative estimate of drug-likeness (QED) is 0.635. The third-order valence-corrected chi connectivity index (χ3v) is 7.59. The van der Waals surface area contributed by atoms with Crippen LogP contribution in [0, 0.1) is 0 Å². The first-order valence-electron chi connectivity index (χ1n) is 9.30. The monoisotopic (exact) mass is 403 g/mol. The number of rotatable bonds is 7. The van der Waals surface area contributed by atoms with Crippen molar-refractivity contribution < 1.29 is 8.42 Å². The predicted octanol–water partition coefficient (Wildman–Crippen LogP) is 3.49. The molecule has 3 aromatic rings. The lowest BCUT2D eigenvalue weighted by Gasteiger charge is -2.23. The molecule has 1 saturated heterocycles. The van der Waals surface area contributed by atoms with Gasteiger partial charge < -0.3 is 4.98 Å². The normalized spacial score (nSPS) is 18.5. The van der Waals surface area contributed by atoms with Gasteiger partial charge in [0.2, 0.25) is 10.0 Å². The summed E-state index contributed by atoms with van der Waals surface area (Å²) in [6.45, 7) is 2.17. The average molecular weight is 404 g/mol. The first kappa shape index (κ1) is 18.7. The van der Waals surface area contributed by atoms with Gasteiger partial charge in [-0.25, -0.2) is 13.1 Å². The first-order chi connectivity index (χ1) is 13.0. The van der Waals surface area contributed by atoms with E-state index in [1.165, 1.54) is 30.3 Å². The Morgan fingerprint density at radius 2 is 2.22 bits per heavy atom. The predicted molar refractivity (Wildman–Crippen MR) is 111 cm³/mol. The summed E-state index contributed by atoms with van der Waals surface area (Å²) in [6, 6.07) is 10.8. The number of thiophene rings is 1. The van der Waals surface area contributed by atoms with Gasteiger partial charge in [-0.3, -0.25) is 4.90 Å². The molecule has 27 heavy (non-hydrogen) atoms. The summed E-state index contributed by atoms with van der Waals surface area (Å²) < 4.78 is 26.1. The minimum Gasteiger partial charge on any atom is -0.361 e. The second-order valence-electron chi connectivity index (χ2n) is 7.21. The molecule has 2 N–H and O–H groups in total. The summed E-state index contributed by atoms with van der Waals surface area (Å²) >= 11 is 1.82. The van der Waals surface area contributed by atoms with E-state index in [4.69, 9.17) is 0 Å². The molecule has 0 spiro atoms. The van der Waals surface area contributed by atoms with Crippen molar-refractivity contribution in [2.24, 2.45) is 0 Å². The van der Waals surface area contributed by atoms with Crippen LogP contribution in [0.5, 0.6) is 0 Å². The number of sulfonamides is 1. The molecule has 1 unspecified atom stereocenters. The van der Waals surface area contributed by atoms with Gasteiger partial charge in [-0.15, -0.1) is 11.3 Å². The molecule has 5 nitrogen and oxygen atoms in total. The highest BCUT2D eigenvalue weighted by Gasteiger charge is 2.25. The number of hydrogen-bond donors (Lipinski definition) is 2. The van der Waals surface area contributed by atoms with E-state index < -0.39 is 10.0 Å². The van der Waals surface area contributed by atoms with Crippen LogP contribution in [0.2, 0.25) is 0 Å². The van der Waals surface area contributed by atoms with Gasteiger partial charge >= 0.3 is 0 Å². The van der Waals surface area contributed by atoms with Crippen LogP contribution in [0.4, 0.5) is 0 Å². The summed E-state index contributed by atoms with van der Waals surface area (Å²) in [6.07, 6.45) is 5.53. The number of nitrogens with zero attached hydrogens (tertiary/aromatic N) is 1. The zero-order chi connectivity index (χ0) is 18.9. The van der Waals surface area contributed by atoms with Crippen LogP contribution in [0.1, 0.15) is 28.8 Å². The van der Waals surface area contributed by atoms with E-state index in [-0.39, 0.29) is 5.75 Å². The number of aromatic amines is 1. The summed E-state index contributed by atoms with van der Waals surface area (Å²) in [5.74, 6) is 0.0119. The molecule has 0 radical (unpaired) electrons. The SMILES string of the molecule is CNS(=O)(=O)Cc1ccc2[nH]cc(CC3CCCN3Cc3cccs3)c2c1. The van der Waals surface area contributed by atoms with Gasteiger partial charge in [0.15, 0.2) is 0 Å². The van der Waals surface area contributed by atoms with Crippen LogP contribution in [0.3, 0.4) is 0 Å². The molecule has 1 aliphatic rings. The minimum atomic E-state index is -3.26. The maximum Gasteiger partial charge on any atom is 0.215 e. The Kier molecular flexibility index (Phi) is 5.36. The molecule has 0 aliphatic carbocycles. The van der Waals surface area contributed by atoms with E-state index in [2.05, 4.69) is 38.3 Å². The van der Waals surface area contributed by atoms with E-state index in [9.17, 15) is 8.42 Å². The number of H-pyrrole nitrogens is 1. The molecule has 1 atom stereocenters. The van der Waals surface area contributed by atoms with Gasteiger partial charge in [0.25, 0.3) is 0 Å². The fourth-order valence-electron chi connectivity index (χ4n) is 3.97. The van der Waals surface area contributed by atoms with E-state index in [1.54, 1.807) is 0 Å². The molecule has 1 fully saturated rings. The molecule has 3 heterocycles. The lowest BCUT2D eigenvalue weighted by Crippen LogP contribution is -2.30. The van der Waals surface area contributed by atoms with E-state index in [0.717, 1.165) is 36.0 Å². The molecule has 1 aromatic carbocycles. The van der Waals surface area contributed by atoms with Crippen molar-refractivity contribution in [2.75, 3.05) is 13.6 Å². The Balaban J connectivity index is 1.54. The van der Waals surface area contributed by atoms with E-state index in [1.807, 2.05) is 29.5 Å². The molecular weight excluding hydrogens is 378 g/mol. The van der Waals surface area contributed by atoms with Crippen LogP contribution < -0.4 is 4.72 Å². The third kappa shape index (κ3) is 4.27. The fraction of sp³-hybridized carbons (Fsp3) is 0.400. The Labute approximate surface area is 164 Å². The number of aromatic nitrogens is 1. The van der Waals surface area contributed by atoms with E-state index >= 15 is 0 Å². The number of likely N-dealkylation sites (tertiary alicyclic amines) is 1. The molecule has 4 rings (SSSR count). The Bertz CT molecular complexity index is 1010. The van der Waals surface area contributed by atoms with E-state index in [0.29, 0.717) is 6.04 Å². The Hall–Kier alpha value is -1.67. The smallest absolute Gasteiger partial charge is 0.215 e. The Morgan fingerprint density at radius 3 is 3.00 bits per heavy atom. The van der Waals surface area contributed by atoms with Gasteiger partial charge in [0.05, 0.1) is 5.75 Å². The standard InChI is InChI=1S/C20H25N3O2S2/c1-21-27(24,25)14-15-6-7-20-19(10-15)16(12-22-20)11-17-4-2-8-23(17)13-18-5-3-9-26-18/h3,5-7,9-10,12,17,21-22H,2,4,8,11,13-14H2,1H3. The van der Waals surface area contributed by atoms with Gasteiger partial charge in [-0.1, -0.05) is 12.1 Å². The molecule has 7 heteroatoms. The molecular formula is C20H25N3O2S2.